The molecule has 0 amide bonds. The quantitative estimate of drug-likeness (QED) is 0.745. The van der Waals surface area contributed by atoms with E-state index in [2.05, 4.69) is 5.32 Å². The Kier molecular flexibility index (Phi) is 4.42. The zero-order valence-electron chi connectivity index (χ0n) is 9.45. The molecule has 1 aliphatic carbocycles. The highest BCUT2D eigenvalue weighted by Crippen LogP contribution is 2.19. The molecule has 0 aromatic heterocycles. The summed E-state index contributed by atoms with van der Waals surface area (Å²) >= 11 is 0. The summed E-state index contributed by atoms with van der Waals surface area (Å²) < 4.78 is 5.66. The minimum atomic E-state index is -0.137. The molecule has 2 rings (SSSR count). The van der Waals surface area contributed by atoms with Crippen LogP contribution in [0, 0.1) is 0 Å². The van der Waals surface area contributed by atoms with Gasteiger partial charge in [-0.2, -0.15) is 0 Å². The molecule has 1 saturated carbocycles. The van der Waals surface area contributed by atoms with Crippen LogP contribution < -0.4 is 5.32 Å². The van der Waals surface area contributed by atoms with E-state index in [-0.39, 0.29) is 6.10 Å². The molecule has 0 spiro atoms. The molecule has 1 heterocycles. The molecule has 0 bridgehead atoms. The zero-order chi connectivity index (χ0) is 10.5. The Hall–Kier alpha value is -0.120. The SMILES string of the molecule is OC1CCCCC1NCC1CCCCO1. The van der Waals surface area contributed by atoms with Gasteiger partial charge in [0.25, 0.3) is 0 Å². The Bertz CT molecular complexity index is 180. The largest absolute Gasteiger partial charge is 0.392 e. The number of aliphatic hydroxyl groups excluding tert-OH is 1. The van der Waals surface area contributed by atoms with Crippen LogP contribution in [0.15, 0.2) is 0 Å². The Morgan fingerprint density at radius 2 is 1.87 bits per heavy atom. The van der Waals surface area contributed by atoms with Crippen molar-refractivity contribution in [3.8, 4) is 0 Å². The van der Waals surface area contributed by atoms with Crippen LogP contribution in [0.25, 0.3) is 0 Å². The van der Waals surface area contributed by atoms with Crippen LogP contribution in [0.2, 0.25) is 0 Å². The molecule has 3 heteroatoms. The van der Waals surface area contributed by atoms with E-state index in [1.807, 2.05) is 0 Å². The minimum Gasteiger partial charge on any atom is -0.392 e. The number of aliphatic hydroxyl groups is 1. The number of hydrogen-bond donors (Lipinski definition) is 2. The van der Waals surface area contributed by atoms with Gasteiger partial charge in [0, 0.05) is 19.2 Å². The summed E-state index contributed by atoms with van der Waals surface area (Å²) in [5.74, 6) is 0. The summed E-state index contributed by atoms with van der Waals surface area (Å²) in [6.07, 6.45) is 8.43. The zero-order valence-corrected chi connectivity index (χ0v) is 9.45. The first-order valence-electron chi connectivity index (χ1n) is 6.39. The summed E-state index contributed by atoms with van der Waals surface area (Å²) in [7, 11) is 0. The van der Waals surface area contributed by atoms with Gasteiger partial charge in [-0.3, -0.25) is 0 Å². The molecule has 0 radical (unpaired) electrons. The van der Waals surface area contributed by atoms with Crippen molar-refractivity contribution >= 4 is 0 Å². The first-order chi connectivity index (χ1) is 7.36. The molecule has 3 nitrogen and oxygen atoms in total. The lowest BCUT2D eigenvalue weighted by Gasteiger charge is -2.31. The van der Waals surface area contributed by atoms with E-state index >= 15 is 0 Å². The molecule has 3 atom stereocenters. The second-order valence-corrected chi connectivity index (χ2v) is 4.86. The van der Waals surface area contributed by atoms with Gasteiger partial charge in [-0.15, -0.1) is 0 Å². The summed E-state index contributed by atoms with van der Waals surface area (Å²) in [5, 5.41) is 13.3. The second-order valence-electron chi connectivity index (χ2n) is 4.86. The van der Waals surface area contributed by atoms with E-state index < -0.39 is 0 Å². The monoisotopic (exact) mass is 213 g/mol. The third-order valence-corrected chi connectivity index (χ3v) is 3.61. The third kappa shape index (κ3) is 3.44. The van der Waals surface area contributed by atoms with Crippen LogP contribution in [0.1, 0.15) is 44.9 Å². The highest BCUT2D eigenvalue weighted by molar-refractivity contribution is 4.81. The van der Waals surface area contributed by atoms with Crippen molar-refractivity contribution in [3.05, 3.63) is 0 Å². The van der Waals surface area contributed by atoms with Crippen LogP contribution in [-0.2, 0) is 4.74 Å². The smallest absolute Gasteiger partial charge is 0.0699 e. The maximum Gasteiger partial charge on any atom is 0.0699 e. The highest BCUT2D eigenvalue weighted by Gasteiger charge is 2.23. The molecule has 3 unspecified atom stereocenters. The Morgan fingerprint density at radius 3 is 2.60 bits per heavy atom. The van der Waals surface area contributed by atoms with E-state index in [1.54, 1.807) is 0 Å². The Balaban J connectivity index is 1.67. The fourth-order valence-corrected chi connectivity index (χ4v) is 2.60. The van der Waals surface area contributed by atoms with Gasteiger partial charge < -0.3 is 15.2 Å². The van der Waals surface area contributed by atoms with E-state index in [9.17, 15) is 5.11 Å². The molecule has 1 saturated heterocycles. The van der Waals surface area contributed by atoms with Crippen molar-refractivity contribution in [2.75, 3.05) is 13.2 Å². The first kappa shape index (κ1) is 11.4. The average Bonchev–Trinajstić information content (AvgIpc) is 2.29. The predicted molar refractivity (Wildman–Crippen MR) is 59.9 cm³/mol. The second kappa shape index (κ2) is 5.83. The van der Waals surface area contributed by atoms with Crippen LogP contribution in [-0.4, -0.2) is 36.5 Å². The summed E-state index contributed by atoms with van der Waals surface area (Å²) in [6, 6.07) is 0.310. The van der Waals surface area contributed by atoms with Crippen LogP contribution in [0.3, 0.4) is 0 Å². The number of rotatable bonds is 3. The van der Waals surface area contributed by atoms with Gasteiger partial charge in [-0.05, 0) is 32.1 Å². The summed E-state index contributed by atoms with van der Waals surface area (Å²) in [4.78, 5) is 0. The van der Waals surface area contributed by atoms with E-state index in [4.69, 9.17) is 4.74 Å². The van der Waals surface area contributed by atoms with E-state index in [0.717, 1.165) is 26.0 Å². The van der Waals surface area contributed by atoms with Crippen molar-refractivity contribution in [1.29, 1.82) is 0 Å². The molecule has 2 aliphatic rings. The fraction of sp³-hybridized carbons (Fsp3) is 1.00. The maximum atomic E-state index is 9.80. The van der Waals surface area contributed by atoms with Crippen molar-refractivity contribution in [2.45, 2.75) is 63.2 Å². The standard InChI is InChI=1S/C12H23NO2/c14-12-7-2-1-6-11(12)13-9-10-5-3-4-8-15-10/h10-14H,1-9H2. The van der Waals surface area contributed by atoms with E-state index in [1.165, 1.54) is 32.1 Å². The number of ether oxygens (including phenoxy) is 1. The van der Waals surface area contributed by atoms with Crippen molar-refractivity contribution < 1.29 is 9.84 Å². The lowest BCUT2D eigenvalue weighted by Crippen LogP contribution is -2.45. The van der Waals surface area contributed by atoms with Gasteiger partial charge in [0.2, 0.25) is 0 Å². The van der Waals surface area contributed by atoms with E-state index in [0.29, 0.717) is 12.1 Å². The third-order valence-electron chi connectivity index (χ3n) is 3.61. The maximum absolute atomic E-state index is 9.80. The molecule has 88 valence electrons. The number of hydrogen-bond acceptors (Lipinski definition) is 3. The molecule has 0 aromatic carbocycles. The lowest BCUT2D eigenvalue weighted by atomic mass is 9.92. The number of nitrogens with one attached hydrogen (secondary N) is 1. The topological polar surface area (TPSA) is 41.5 Å². The molecule has 2 N–H and O–H groups in total. The molecule has 0 aromatic rings. The van der Waals surface area contributed by atoms with Crippen LogP contribution in [0.5, 0.6) is 0 Å². The fourth-order valence-electron chi connectivity index (χ4n) is 2.60. The molecule has 2 fully saturated rings. The average molecular weight is 213 g/mol. The van der Waals surface area contributed by atoms with Gasteiger partial charge in [0.15, 0.2) is 0 Å². The van der Waals surface area contributed by atoms with Gasteiger partial charge in [0.1, 0.15) is 0 Å². The van der Waals surface area contributed by atoms with Crippen molar-refractivity contribution in [1.82, 2.24) is 5.32 Å². The lowest BCUT2D eigenvalue weighted by molar-refractivity contribution is 0.00836. The minimum absolute atomic E-state index is 0.137. The Labute approximate surface area is 92.2 Å². The molecular weight excluding hydrogens is 190 g/mol. The van der Waals surface area contributed by atoms with Gasteiger partial charge >= 0.3 is 0 Å². The van der Waals surface area contributed by atoms with Gasteiger partial charge in [-0.1, -0.05) is 12.8 Å². The summed E-state index contributed by atoms with van der Waals surface area (Å²) in [6.45, 7) is 1.83. The molecular formula is C12H23NO2. The normalized spacial score (nSPS) is 37.8. The first-order valence-corrected chi connectivity index (χ1v) is 6.39. The molecule has 1 aliphatic heterocycles. The van der Waals surface area contributed by atoms with Crippen LogP contribution in [0.4, 0.5) is 0 Å². The highest BCUT2D eigenvalue weighted by atomic mass is 16.5. The van der Waals surface area contributed by atoms with Gasteiger partial charge in [-0.25, -0.2) is 0 Å². The summed E-state index contributed by atoms with van der Waals surface area (Å²) in [5.41, 5.74) is 0. The predicted octanol–water partition coefficient (Wildman–Crippen LogP) is 1.45. The van der Waals surface area contributed by atoms with Crippen LogP contribution >= 0.6 is 0 Å². The van der Waals surface area contributed by atoms with Crippen molar-refractivity contribution in [3.63, 3.8) is 0 Å². The van der Waals surface area contributed by atoms with Gasteiger partial charge in [0.05, 0.1) is 12.2 Å². The Morgan fingerprint density at radius 1 is 1.07 bits per heavy atom. The molecule has 15 heavy (non-hydrogen) atoms. The van der Waals surface area contributed by atoms with Crippen molar-refractivity contribution in [2.24, 2.45) is 0 Å².